The minimum atomic E-state index is -3.20. The predicted octanol–water partition coefficient (Wildman–Crippen LogP) is -1.23. The van der Waals surface area contributed by atoms with Crippen LogP contribution in [0.3, 0.4) is 0 Å². The minimum absolute atomic E-state index is 0.407. The summed E-state index contributed by atoms with van der Waals surface area (Å²) in [6.45, 7) is 5.47. The molecule has 2 saturated heterocycles. The first-order valence-electron chi connectivity index (χ1n) is 6.14. The van der Waals surface area contributed by atoms with E-state index in [2.05, 4.69) is 10.2 Å². The van der Waals surface area contributed by atoms with Crippen LogP contribution in [0.2, 0.25) is 0 Å². The molecule has 0 aromatic carbocycles. The fourth-order valence-electron chi connectivity index (χ4n) is 2.30. The highest BCUT2D eigenvalue weighted by molar-refractivity contribution is 7.86. The summed E-state index contributed by atoms with van der Waals surface area (Å²) < 4.78 is 26.5. The van der Waals surface area contributed by atoms with Gasteiger partial charge >= 0.3 is 0 Å². The van der Waals surface area contributed by atoms with Crippen molar-refractivity contribution in [1.82, 2.24) is 18.8 Å². The minimum Gasteiger partial charge on any atom is -0.315 e. The summed E-state index contributed by atoms with van der Waals surface area (Å²) in [5, 5.41) is 3.36. The highest BCUT2D eigenvalue weighted by Gasteiger charge is 2.39. The van der Waals surface area contributed by atoms with Crippen molar-refractivity contribution >= 4 is 10.2 Å². The summed E-state index contributed by atoms with van der Waals surface area (Å²) in [5.41, 5.74) is 0. The molecule has 2 rings (SSSR count). The Morgan fingerprint density at radius 3 is 2.53 bits per heavy atom. The largest absolute Gasteiger partial charge is 0.315 e. The van der Waals surface area contributed by atoms with E-state index in [4.69, 9.17) is 0 Å². The van der Waals surface area contributed by atoms with Crippen molar-refractivity contribution in [2.75, 3.05) is 53.4 Å². The van der Waals surface area contributed by atoms with Crippen LogP contribution in [0.1, 0.15) is 6.42 Å². The van der Waals surface area contributed by atoms with Crippen LogP contribution < -0.4 is 5.32 Å². The molecule has 17 heavy (non-hydrogen) atoms. The summed E-state index contributed by atoms with van der Waals surface area (Å²) in [4.78, 5) is 2.40. The molecule has 1 N–H and O–H groups in total. The Bertz CT molecular complexity index is 343. The normalized spacial score (nSPS) is 25.8. The van der Waals surface area contributed by atoms with E-state index in [9.17, 15) is 8.42 Å². The lowest BCUT2D eigenvalue weighted by Crippen LogP contribution is -2.63. The van der Waals surface area contributed by atoms with E-state index in [-0.39, 0.29) is 0 Å². The predicted molar refractivity (Wildman–Crippen MR) is 67.0 cm³/mol. The van der Waals surface area contributed by atoms with Gasteiger partial charge in [-0.25, -0.2) is 0 Å². The number of hydrogen-bond acceptors (Lipinski definition) is 4. The van der Waals surface area contributed by atoms with Gasteiger partial charge in [0.2, 0.25) is 0 Å². The zero-order valence-electron chi connectivity index (χ0n) is 10.6. The summed E-state index contributed by atoms with van der Waals surface area (Å²) >= 11 is 0. The summed E-state index contributed by atoms with van der Waals surface area (Å²) in [6.07, 6.45) is 1.15. The van der Waals surface area contributed by atoms with E-state index in [1.165, 1.54) is 4.31 Å². The van der Waals surface area contributed by atoms with Gasteiger partial charge in [0.15, 0.2) is 0 Å². The zero-order valence-corrected chi connectivity index (χ0v) is 11.4. The first-order valence-corrected chi connectivity index (χ1v) is 7.54. The van der Waals surface area contributed by atoms with Gasteiger partial charge in [0.25, 0.3) is 10.2 Å². The topological polar surface area (TPSA) is 55.9 Å². The second-order valence-electron chi connectivity index (χ2n) is 4.90. The van der Waals surface area contributed by atoms with Crippen LogP contribution in [0, 0.1) is 0 Å². The Kier molecular flexibility index (Phi) is 4.04. The third-order valence-electron chi connectivity index (χ3n) is 3.51. The Morgan fingerprint density at radius 1 is 1.18 bits per heavy atom. The van der Waals surface area contributed by atoms with Gasteiger partial charge in [-0.1, -0.05) is 0 Å². The molecular weight excluding hydrogens is 240 g/mol. The molecule has 0 bridgehead atoms. The zero-order chi connectivity index (χ0) is 12.5. The van der Waals surface area contributed by atoms with Crippen LogP contribution in [0.15, 0.2) is 0 Å². The number of rotatable bonds is 3. The fourth-order valence-corrected chi connectivity index (χ4v) is 3.48. The molecule has 0 amide bonds. The van der Waals surface area contributed by atoms with Gasteiger partial charge in [0, 0.05) is 46.3 Å². The molecule has 7 heteroatoms. The molecule has 0 aromatic heterocycles. The third kappa shape index (κ3) is 2.79. The molecule has 0 radical (unpaired) electrons. The van der Waals surface area contributed by atoms with Crippen molar-refractivity contribution < 1.29 is 8.42 Å². The molecule has 0 aromatic rings. The highest BCUT2D eigenvalue weighted by Crippen LogP contribution is 2.20. The molecular formula is C10H22N4O2S. The van der Waals surface area contributed by atoms with E-state index in [0.29, 0.717) is 19.1 Å². The Hall–Kier alpha value is -0.210. The van der Waals surface area contributed by atoms with E-state index < -0.39 is 10.2 Å². The van der Waals surface area contributed by atoms with Crippen molar-refractivity contribution in [1.29, 1.82) is 0 Å². The van der Waals surface area contributed by atoms with Gasteiger partial charge in [-0.05, 0) is 19.5 Å². The Labute approximate surface area is 104 Å². The molecule has 2 fully saturated rings. The number of nitrogens with zero attached hydrogens (tertiary/aromatic N) is 3. The average Bonchev–Trinajstić information content (AvgIpc) is 2.43. The van der Waals surface area contributed by atoms with Gasteiger partial charge in [0.05, 0.1) is 0 Å². The maximum atomic E-state index is 11.8. The number of hydrogen-bond donors (Lipinski definition) is 1. The molecule has 0 saturated carbocycles. The van der Waals surface area contributed by atoms with Gasteiger partial charge in [0.1, 0.15) is 0 Å². The van der Waals surface area contributed by atoms with Crippen LogP contribution in [0.4, 0.5) is 0 Å². The molecule has 100 valence electrons. The van der Waals surface area contributed by atoms with Crippen molar-refractivity contribution in [3.63, 3.8) is 0 Å². The van der Waals surface area contributed by atoms with Crippen molar-refractivity contribution in [3.8, 4) is 0 Å². The summed E-state index contributed by atoms with van der Waals surface area (Å²) in [6, 6.07) is 0.407. The smallest absolute Gasteiger partial charge is 0.281 e. The maximum absolute atomic E-state index is 11.8. The lowest BCUT2D eigenvalue weighted by Gasteiger charge is -2.44. The Morgan fingerprint density at radius 2 is 1.88 bits per heavy atom. The molecule has 0 aliphatic carbocycles. The van der Waals surface area contributed by atoms with Crippen LogP contribution >= 0.6 is 0 Å². The van der Waals surface area contributed by atoms with E-state index in [1.807, 2.05) is 0 Å². The highest BCUT2D eigenvalue weighted by atomic mass is 32.2. The molecule has 6 nitrogen and oxygen atoms in total. The van der Waals surface area contributed by atoms with Gasteiger partial charge in [-0.15, -0.1) is 0 Å². The SMILES string of the molecule is CN(C)S(=O)(=O)N1CC(N2CCCNCC2)C1. The molecule has 0 spiro atoms. The fraction of sp³-hybridized carbons (Fsp3) is 1.00. The quantitative estimate of drug-likeness (QED) is 0.692. The van der Waals surface area contributed by atoms with Crippen molar-refractivity contribution in [2.24, 2.45) is 0 Å². The van der Waals surface area contributed by atoms with E-state index in [1.54, 1.807) is 18.4 Å². The molecule has 0 unspecified atom stereocenters. The maximum Gasteiger partial charge on any atom is 0.281 e. The van der Waals surface area contributed by atoms with Crippen LogP contribution in [-0.4, -0.2) is 81.3 Å². The first kappa shape index (κ1) is 13.2. The van der Waals surface area contributed by atoms with Gasteiger partial charge in [-0.2, -0.15) is 17.0 Å². The second kappa shape index (κ2) is 5.19. The second-order valence-corrected chi connectivity index (χ2v) is 7.04. The van der Waals surface area contributed by atoms with Gasteiger partial charge in [-0.3, -0.25) is 4.90 Å². The Balaban J connectivity index is 1.86. The number of nitrogens with one attached hydrogen (secondary N) is 1. The molecule has 2 aliphatic rings. The standard InChI is InChI=1S/C10H22N4O2S/c1-12(2)17(15,16)14-8-10(9-14)13-6-3-4-11-5-7-13/h10-11H,3-9H2,1-2H3. The van der Waals surface area contributed by atoms with Crippen molar-refractivity contribution in [2.45, 2.75) is 12.5 Å². The lowest BCUT2D eigenvalue weighted by molar-refractivity contribution is 0.0902. The van der Waals surface area contributed by atoms with Crippen molar-refractivity contribution in [3.05, 3.63) is 0 Å². The lowest BCUT2D eigenvalue weighted by atomic mass is 10.1. The monoisotopic (exact) mass is 262 g/mol. The molecule has 2 aliphatic heterocycles. The van der Waals surface area contributed by atoms with E-state index >= 15 is 0 Å². The van der Waals surface area contributed by atoms with Crippen LogP contribution in [0.25, 0.3) is 0 Å². The first-order chi connectivity index (χ1) is 8.01. The van der Waals surface area contributed by atoms with Crippen LogP contribution in [0.5, 0.6) is 0 Å². The van der Waals surface area contributed by atoms with E-state index in [0.717, 1.165) is 32.6 Å². The summed E-state index contributed by atoms with van der Waals surface area (Å²) in [5.74, 6) is 0. The van der Waals surface area contributed by atoms with Gasteiger partial charge < -0.3 is 5.32 Å². The average molecular weight is 262 g/mol. The summed E-state index contributed by atoms with van der Waals surface area (Å²) in [7, 11) is -0.0328. The molecule has 2 heterocycles. The van der Waals surface area contributed by atoms with Crippen LogP contribution in [-0.2, 0) is 10.2 Å². The third-order valence-corrected chi connectivity index (χ3v) is 5.38. The molecule has 0 atom stereocenters.